The molecule has 0 saturated carbocycles. The van der Waals surface area contributed by atoms with Gasteiger partial charge in [0.1, 0.15) is 0 Å². The molecule has 2 atom stereocenters. The smallest absolute Gasteiger partial charge is 0.0957 e. The Morgan fingerprint density at radius 3 is 2.71 bits per heavy atom. The molecule has 0 aromatic carbocycles. The molecule has 0 fully saturated rings. The van der Waals surface area contributed by atoms with Gasteiger partial charge in [-0.25, -0.2) is 0 Å². The van der Waals surface area contributed by atoms with Crippen LogP contribution in [0.25, 0.3) is 0 Å². The van der Waals surface area contributed by atoms with E-state index in [1.165, 1.54) is 0 Å². The minimum atomic E-state index is -0.495. The van der Waals surface area contributed by atoms with E-state index in [9.17, 15) is 5.11 Å². The van der Waals surface area contributed by atoms with E-state index >= 15 is 0 Å². The Morgan fingerprint density at radius 2 is 2.24 bits per heavy atom. The molecule has 1 aromatic heterocycles. The first-order valence-electron chi connectivity index (χ1n) is 5.84. The number of aliphatic hydroxyl groups is 1. The Kier molecular flexibility index (Phi) is 4.92. The number of hydrogen-bond donors (Lipinski definition) is 1. The number of anilines is 1. The number of rotatable bonds is 5. The third-order valence-electron chi connectivity index (χ3n) is 2.95. The van der Waals surface area contributed by atoms with Gasteiger partial charge in [-0.15, -0.1) is 0 Å². The fraction of sp³-hybridized carbons (Fsp3) is 0.538. The number of nitriles is 1. The monoisotopic (exact) mass is 233 g/mol. The summed E-state index contributed by atoms with van der Waals surface area (Å²) in [6.07, 6.45) is 2.39. The van der Waals surface area contributed by atoms with Crippen molar-refractivity contribution in [3.8, 4) is 6.07 Å². The summed E-state index contributed by atoms with van der Waals surface area (Å²) in [7, 11) is 1.94. The highest BCUT2D eigenvalue weighted by atomic mass is 16.3. The normalized spacial score (nSPS) is 13.8. The molecule has 4 nitrogen and oxygen atoms in total. The van der Waals surface area contributed by atoms with Crippen LogP contribution in [-0.2, 0) is 0 Å². The first kappa shape index (κ1) is 13.5. The largest absolute Gasteiger partial charge is 0.387 e. The lowest BCUT2D eigenvalue weighted by Gasteiger charge is -2.25. The van der Waals surface area contributed by atoms with Crippen LogP contribution < -0.4 is 4.90 Å². The minimum Gasteiger partial charge on any atom is -0.387 e. The molecule has 1 aromatic rings. The van der Waals surface area contributed by atoms with Crippen molar-refractivity contribution in [2.75, 3.05) is 11.9 Å². The summed E-state index contributed by atoms with van der Waals surface area (Å²) in [5, 5.41) is 18.3. The third-order valence-corrected chi connectivity index (χ3v) is 2.95. The van der Waals surface area contributed by atoms with E-state index in [2.05, 4.69) is 11.1 Å². The summed E-state index contributed by atoms with van der Waals surface area (Å²) in [5.41, 5.74) is 1.65. The summed E-state index contributed by atoms with van der Waals surface area (Å²) in [4.78, 5) is 6.25. The fourth-order valence-corrected chi connectivity index (χ4v) is 1.54. The van der Waals surface area contributed by atoms with Crippen molar-refractivity contribution >= 4 is 5.69 Å². The van der Waals surface area contributed by atoms with Gasteiger partial charge in [0, 0.05) is 13.1 Å². The van der Waals surface area contributed by atoms with E-state index in [-0.39, 0.29) is 6.04 Å². The average Bonchev–Trinajstić information content (AvgIpc) is 2.37. The molecule has 1 heterocycles. The zero-order valence-corrected chi connectivity index (χ0v) is 10.6. The molecule has 1 rings (SSSR count). The summed E-state index contributed by atoms with van der Waals surface area (Å²) in [5.74, 6) is 0. The fourth-order valence-electron chi connectivity index (χ4n) is 1.54. The molecular weight excluding hydrogens is 214 g/mol. The zero-order chi connectivity index (χ0) is 12.8. The Labute approximate surface area is 103 Å². The molecule has 1 unspecified atom stereocenters. The van der Waals surface area contributed by atoms with Crippen molar-refractivity contribution in [3.05, 3.63) is 24.0 Å². The van der Waals surface area contributed by atoms with Crippen molar-refractivity contribution in [2.24, 2.45) is 0 Å². The van der Waals surface area contributed by atoms with Gasteiger partial charge in [0.2, 0.25) is 0 Å². The van der Waals surface area contributed by atoms with E-state index in [0.29, 0.717) is 18.5 Å². The first-order chi connectivity index (χ1) is 8.10. The van der Waals surface area contributed by atoms with Crippen molar-refractivity contribution in [2.45, 2.75) is 38.8 Å². The van der Waals surface area contributed by atoms with Crippen LogP contribution in [-0.4, -0.2) is 23.2 Å². The van der Waals surface area contributed by atoms with Crippen LogP contribution in [0.3, 0.4) is 0 Å². The summed E-state index contributed by atoms with van der Waals surface area (Å²) < 4.78 is 0. The van der Waals surface area contributed by atoms with E-state index < -0.39 is 6.10 Å². The molecule has 1 N–H and O–H groups in total. The molecular formula is C13H19N3O. The molecule has 0 aliphatic carbocycles. The number of aliphatic hydroxyl groups excluding tert-OH is 1. The number of pyridine rings is 1. The molecule has 0 bridgehead atoms. The molecule has 0 spiro atoms. The molecule has 17 heavy (non-hydrogen) atoms. The van der Waals surface area contributed by atoms with Gasteiger partial charge in [0.25, 0.3) is 0 Å². The third kappa shape index (κ3) is 3.43. The van der Waals surface area contributed by atoms with Crippen LogP contribution in [0.2, 0.25) is 0 Å². The lowest BCUT2D eigenvalue weighted by atomic mass is 10.1. The van der Waals surface area contributed by atoms with Crippen LogP contribution in [0.1, 0.15) is 38.5 Å². The Balaban J connectivity index is 2.77. The average molecular weight is 233 g/mol. The van der Waals surface area contributed by atoms with Crippen LogP contribution in [0, 0.1) is 11.3 Å². The van der Waals surface area contributed by atoms with E-state index in [1.807, 2.05) is 37.9 Å². The summed E-state index contributed by atoms with van der Waals surface area (Å²) >= 11 is 0. The molecule has 0 radical (unpaired) electrons. The van der Waals surface area contributed by atoms with Gasteiger partial charge in [0.15, 0.2) is 0 Å². The van der Waals surface area contributed by atoms with Crippen molar-refractivity contribution in [3.63, 3.8) is 0 Å². The van der Waals surface area contributed by atoms with Crippen LogP contribution in [0.15, 0.2) is 18.3 Å². The highest BCUT2D eigenvalue weighted by Gasteiger charge is 2.11. The Morgan fingerprint density at radius 1 is 1.53 bits per heavy atom. The van der Waals surface area contributed by atoms with E-state index in [1.54, 1.807) is 6.20 Å². The topological polar surface area (TPSA) is 60.1 Å². The molecule has 92 valence electrons. The van der Waals surface area contributed by atoms with Gasteiger partial charge in [-0.1, -0.05) is 6.92 Å². The zero-order valence-electron chi connectivity index (χ0n) is 10.6. The maximum atomic E-state index is 9.63. The minimum absolute atomic E-state index is 0.156. The second kappa shape index (κ2) is 6.21. The van der Waals surface area contributed by atoms with Gasteiger partial charge in [0.05, 0.1) is 36.2 Å². The molecule has 0 saturated heterocycles. The van der Waals surface area contributed by atoms with Crippen LogP contribution in [0.4, 0.5) is 5.69 Å². The molecule has 4 heteroatoms. The van der Waals surface area contributed by atoms with Gasteiger partial charge in [-0.05, 0) is 25.5 Å². The molecule has 0 aliphatic heterocycles. The van der Waals surface area contributed by atoms with Gasteiger partial charge < -0.3 is 10.0 Å². The van der Waals surface area contributed by atoms with Crippen LogP contribution >= 0.6 is 0 Å². The van der Waals surface area contributed by atoms with Crippen LogP contribution in [0.5, 0.6) is 0 Å². The number of nitrogens with zero attached hydrogens (tertiary/aromatic N) is 3. The predicted molar refractivity (Wildman–Crippen MR) is 67.6 cm³/mol. The Hall–Kier alpha value is -1.60. The van der Waals surface area contributed by atoms with Gasteiger partial charge >= 0.3 is 0 Å². The van der Waals surface area contributed by atoms with Crippen molar-refractivity contribution < 1.29 is 5.11 Å². The lowest BCUT2D eigenvalue weighted by Crippen LogP contribution is -2.28. The second-order valence-corrected chi connectivity index (χ2v) is 4.19. The maximum absolute atomic E-state index is 9.63. The first-order valence-corrected chi connectivity index (χ1v) is 5.84. The summed E-state index contributed by atoms with van der Waals surface area (Å²) in [6, 6.07) is 6.07. The highest BCUT2D eigenvalue weighted by Crippen LogP contribution is 2.19. The SMILES string of the molecule is CC[C@H](O)c1ccc(N(C)C(C)CC#N)cn1. The van der Waals surface area contributed by atoms with E-state index in [0.717, 1.165) is 5.69 Å². The maximum Gasteiger partial charge on any atom is 0.0957 e. The second-order valence-electron chi connectivity index (χ2n) is 4.19. The standard InChI is InChI=1S/C13H19N3O/c1-4-13(17)12-6-5-11(9-15-12)16(3)10(2)7-8-14/h5-6,9-10,13,17H,4,7H2,1-3H3/t10?,13-/m0/s1. The number of hydrogen-bond acceptors (Lipinski definition) is 4. The molecule has 0 aliphatic rings. The lowest BCUT2D eigenvalue weighted by molar-refractivity contribution is 0.169. The molecule has 0 amide bonds. The Bertz CT molecular complexity index is 383. The predicted octanol–water partition coefficient (Wildman–Crippen LogP) is 2.26. The van der Waals surface area contributed by atoms with E-state index in [4.69, 9.17) is 5.26 Å². The van der Waals surface area contributed by atoms with Crippen molar-refractivity contribution in [1.29, 1.82) is 5.26 Å². The highest BCUT2D eigenvalue weighted by molar-refractivity contribution is 5.45. The van der Waals surface area contributed by atoms with Crippen molar-refractivity contribution in [1.82, 2.24) is 4.98 Å². The van der Waals surface area contributed by atoms with Gasteiger partial charge in [-0.3, -0.25) is 4.98 Å². The summed E-state index contributed by atoms with van der Waals surface area (Å²) in [6.45, 7) is 3.92. The number of aromatic nitrogens is 1. The quantitative estimate of drug-likeness (QED) is 0.847. The van der Waals surface area contributed by atoms with Gasteiger partial charge in [-0.2, -0.15) is 5.26 Å².